The van der Waals surface area contributed by atoms with Gasteiger partial charge in [0.1, 0.15) is 11.3 Å². The van der Waals surface area contributed by atoms with Crippen molar-refractivity contribution < 1.29 is 9.53 Å². The highest BCUT2D eigenvalue weighted by Gasteiger charge is 2.28. The molecule has 0 spiro atoms. The van der Waals surface area contributed by atoms with Gasteiger partial charge in [0.15, 0.2) is 0 Å². The number of anilines is 2. The lowest BCUT2D eigenvalue weighted by atomic mass is 10.2. The highest BCUT2D eigenvalue weighted by Crippen LogP contribution is 2.23. The predicted molar refractivity (Wildman–Crippen MR) is 83.7 cm³/mol. The molecule has 0 atom stereocenters. The SMILES string of the molecule is CCn1cc(N(C(=O)OC(C)(C)C)c2nnc(C)c(=O)[nH]2)cn1. The second kappa shape index (κ2) is 6.19. The minimum absolute atomic E-state index is 0.0227. The average molecular weight is 320 g/mol. The third kappa shape index (κ3) is 3.93. The summed E-state index contributed by atoms with van der Waals surface area (Å²) in [4.78, 5) is 28.0. The molecule has 0 aliphatic heterocycles. The van der Waals surface area contributed by atoms with Crippen LogP contribution in [0.4, 0.5) is 16.4 Å². The Morgan fingerprint density at radius 1 is 1.39 bits per heavy atom. The zero-order valence-corrected chi connectivity index (χ0v) is 13.8. The molecule has 9 nitrogen and oxygen atoms in total. The van der Waals surface area contributed by atoms with Crippen molar-refractivity contribution in [3.8, 4) is 0 Å². The van der Waals surface area contributed by atoms with Crippen molar-refractivity contribution in [3.05, 3.63) is 28.4 Å². The van der Waals surface area contributed by atoms with Crippen LogP contribution in [0.5, 0.6) is 0 Å². The summed E-state index contributed by atoms with van der Waals surface area (Å²) < 4.78 is 7.03. The van der Waals surface area contributed by atoms with Crippen LogP contribution in [0.1, 0.15) is 33.4 Å². The van der Waals surface area contributed by atoms with Crippen molar-refractivity contribution in [2.24, 2.45) is 0 Å². The Kier molecular flexibility index (Phi) is 4.48. The Morgan fingerprint density at radius 3 is 2.61 bits per heavy atom. The molecule has 0 fully saturated rings. The Balaban J connectivity index is 2.48. The quantitative estimate of drug-likeness (QED) is 0.923. The minimum Gasteiger partial charge on any atom is -0.443 e. The van der Waals surface area contributed by atoms with Crippen molar-refractivity contribution in [2.45, 2.75) is 46.8 Å². The summed E-state index contributed by atoms with van der Waals surface area (Å²) in [5.41, 5.74) is -0.488. The topological polar surface area (TPSA) is 106 Å². The second-order valence-electron chi connectivity index (χ2n) is 5.93. The fraction of sp³-hybridized carbons (Fsp3) is 0.500. The number of nitrogens with one attached hydrogen (secondary N) is 1. The first kappa shape index (κ1) is 16.7. The van der Waals surface area contributed by atoms with Gasteiger partial charge in [0.05, 0.1) is 11.9 Å². The van der Waals surface area contributed by atoms with Crippen LogP contribution in [-0.2, 0) is 11.3 Å². The molecule has 124 valence electrons. The van der Waals surface area contributed by atoms with Gasteiger partial charge in [-0.15, -0.1) is 10.2 Å². The molecule has 23 heavy (non-hydrogen) atoms. The molecule has 2 heterocycles. The zero-order chi connectivity index (χ0) is 17.2. The lowest BCUT2D eigenvalue weighted by molar-refractivity contribution is 0.0596. The molecular formula is C14H20N6O3. The summed E-state index contributed by atoms with van der Waals surface area (Å²) in [6.45, 7) is 9.34. The molecule has 0 saturated heterocycles. The third-order valence-electron chi connectivity index (χ3n) is 2.84. The van der Waals surface area contributed by atoms with Crippen LogP contribution in [-0.4, -0.2) is 36.7 Å². The second-order valence-corrected chi connectivity index (χ2v) is 5.93. The predicted octanol–water partition coefficient (Wildman–Crippen LogP) is 1.76. The van der Waals surface area contributed by atoms with Crippen LogP contribution in [0.2, 0.25) is 0 Å². The Labute approximate surface area is 133 Å². The van der Waals surface area contributed by atoms with Gasteiger partial charge in [-0.05, 0) is 34.6 Å². The number of nitrogens with zero attached hydrogens (tertiary/aromatic N) is 5. The van der Waals surface area contributed by atoms with E-state index in [2.05, 4.69) is 20.3 Å². The van der Waals surface area contributed by atoms with Gasteiger partial charge in [0.25, 0.3) is 5.56 Å². The number of hydrogen-bond acceptors (Lipinski definition) is 6. The zero-order valence-electron chi connectivity index (χ0n) is 13.8. The molecule has 0 unspecified atom stereocenters. The summed E-state index contributed by atoms with van der Waals surface area (Å²) >= 11 is 0. The van der Waals surface area contributed by atoms with Crippen LogP contribution < -0.4 is 10.5 Å². The molecule has 2 aromatic rings. The number of aryl methyl sites for hydroxylation is 2. The average Bonchev–Trinajstić information content (AvgIpc) is 2.89. The van der Waals surface area contributed by atoms with Crippen molar-refractivity contribution in [1.82, 2.24) is 25.0 Å². The first-order chi connectivity index (χ1) is 10.7. The van der Waals surface area contributed by atoms with Gasteiger partial charge in [0.2, 0.25) is 5.95 Å². The van der Waals surface area contributed by atoms with E-state index in [-0.39, 0.29) is 11.6 Å². The molecule has 0 saturated carbocycles. The number of aromatic amines is 1. The lowest BCUT2D eigenvalue weighted by Gasteiger charge is -2.25. The van der Waals surface area contributed by atoms with Gasteiger partial charge in [-0.1, -0.05) is 0 Å². The summed E-state index contributed by atoms with van der Waals surface area (Å²) in [6.07, 6.45) is 2.47. The number of carbonyl (C=O) groups is 1. The van der Waals surface area contributed by atoms with E-state index < -0.39 is 17.3 Å². The molecule has 0 radical (unpaired) electrons. The number of ether oxygens (including phenoxy) is 1. The normalized spacial score (nSPS) is 11.3. The van der Waals surface area contributed by atoms with Crippen molar-refractivity contribution in [1.29, 1.82) is 0 Å². The molecule has 1 N–H and O–H groups in total. The van der Waals surface area contributed by atoms with Gasteiger partial charge < -0.3 is 4.74 Å². The Morgan fingerprint density at radius 2 is 2.09 bits per heavy atom. The number of amides is 1. The maximum Gasteiger partial charge on any atom is 0.422 e. The van der Waals surface area contributed by atoms with Crippen LogP contribution in [0.15, 0.2) is 17.2 Å². The van der Waals surface area contributed by atoms with Crippen LogP contribution in [0.25, 0.3) is 0 Å². The van der Waals surface area contributed by atoms with E-state index in [1.54, 1.807) is 31.6 Å². The maximum atomic E-state index is 12.5. The fourth-order valence-electron chi connectivity index (χ4n) is 1.75. The van der Waals surface area contributed by atoms with Gasteiger partial charge in [-0.3, -0.25) is 14.5 Å². The van der Waals surface area contributed by atoms with Crippen molar-refractivity contribution >= 4 is 17.7 Å². The van der Waals surface area contributed by atoms with Gasteiger partial charge >= 0.3 is 6.09 Å². The van der Waals surface area contributed by atoms with Crippen LogP contribution in [0, 0.1) is 6.92 Å². The Bertz CT molecular complexity index is 758. The van der Waals surface area contributed by atoms with Crippen LogP contribution in [0.3, 0.4) is 0 Å². The number of carbonyl (C=O) groups excluding carboxylic acids is 1. The standard InChI is InChI=1S/C14H20N6O3/c1-6-19-8-10(7-15-19)20(13(22)23-14(3,4)5)12-16-11(21)9(2)17-18-12/h7-8H,6H2,1-5H3,(H,16,18,21). The third-order valence-corrected chi connectivity index (χ3v) is 2.84. The molecular weight excluding hydrogens is 300 g/mol. The lowest BCUT2D eigenvalue weighted by Crippen LogP contribution is -2.36. The monoisotopic (exact) mass is 320 g/mol. The first-order valence-electron chi connectivity index (χ1n) is 7.20. The summed E-state index contributed by atoms with van der Waals surface area (Å²) in [7, 11) is 0. The minimum atomic E-state index is -0.700. The summed E-state index contributed by atoms with van der Waals surface area (Å²) in [5, 5.41) is 11.8. The van der Waals surface area contributed by atoms with E-state index in [9.17, 15) is 9.59 Å². The highest BCUT2D eigenvalue weighted by atomic mass is 16.6. The Hall–Kier alpha value is -2.71. The molecule has 0 aliphatic carbocycles. The van der Waals surface area contributed by atoms with E-state index in [1.165, 1.54) is 13.1 Å². The fourth-order valence-corrected chi connectivity index (χ4v) is 1.75. The van der Waals surface area contributed by atoms with E-state index in [1.807, 2.05) is 6.92 Å². The van der Waals surface area contributed by atoms with E-state index in [4.69, 9.17) is 4.74 Å². The molecule has 9 heteroatoms. The van der Waals surface area contributed by atoms with Crippen molar-refractivity contribution in [3.63, 3.8) is 0 Å². The van der Waals surface area contributed by atoms with E-state index in [0.717, 1.165) is 4.90 Å². The largest absolute Gasteiger partial charge is 0.443 e. The molecule has 0 bridgehead atoms. The van der Waals surface area contributed by atoms with Crippen molar-refractivity contribution in [2.75, 3.05) is 4.90 Å². The number of aromatic nitrogens is 5. The van der Waals surface area contributed by atoms with Gasteiger partial charge in [0, 0.05) is 12.7 Å². The maximum absolute atomic E-state index is 12.5. The number of rotatable bonds is 3. The van der Waals surface area contributed by atoms with Crippen LogP contribution >= 0.6 is 0 Å². The highest BCUT2D eigenvalue weighted by molar-refractivity contribution is 5.93. The molecule has 1 amide bonds. The number of H-pyrrole nitrogens is 1. The summed E-state index contributed by atoms with van der Waals surface area (Å²) in [5.74, 6) is -0.0227. The van der Waals surface area contributed by atoms with E-state index >= 15 is 0 Å². The van der Waals surface area contributed by atoms with Gasteiger partial charge in [-0.2, -0.15) is 5.10 Å². The molecule has 2 aromatic heterocycles. The van der Waals surface area contributed by atoms with Gasteiger partial charge in [-0.25, -0.2) is 9.69 Å². The number of hydrogen-bond donors (Lipinski definition) is 1. The summed E-state index contributed by atoms with van der Waals surface area (Å²) in [6, 6.07) is 0. The first-order valence-corrected chi connectivity index (χ1v) is 7.20. The van der Waals surface area contributed by atoms with E-state index in [0.29, 0.717) is 12.2 Å². The molecule has 0 aromatic carbocycles. The smallest absolute Gasteiger partial charge is 0.422 e. The molecule has 0 aliphatic rings. The molecule has 2 rings (SSSR count).